The molecule has 1 aromatic heterocycles. The fraction of sp³-hybridized carbons (Fsp3) is 0.235. The van der Waals surface area contributed by atoms with Gasteiger partial charge in [0.1, 0.15) is 5.75 Å². The number of halogens is 1. The summed E-state index contributed by atoms with van der Waals surface area (Å²) in [5.41, 5.74) is 2.57. The van der Waals surface area contributed by atoms with Crippen molar-refractivity contribution in [2.75, 3.05) is 32.2 Å². The third-order valence-electron chi connectivity index (χ3n) is 6.99. The van der Waals surface area contributed by atoms with E-state index in [9.17, 15) is 14.4 Å². The maximum atomic E-state index is 14.1. The first-order chi connectivity index (χ1) is 22.2. The van der Waals surface area contributed by atoms with E-state index in [1.54, 1.807) is 48.8 Å². The molecule has 0 aliphatic carbocycles. The van der Waals surface area contributed by atoms with Gasteiger partial charge in [-0.15, -0.1) is 0 Å². The number of carbonyl (C=O) groups excluding carboxylic acids is 2. The van der Waals surface area contributed by atoms with Crippen LogP contribution in [0.1, 0.15) is 37.9 Å². The SMILES string of the molecule is CCOC(=O)COc1c(Br)cc(/C=c2\sc3n(c2=O)[C@H](c2ccc(OCC)cc2)C(C(=O)Nc2ccccc2)=C(C)N=3)cc1OC. The van der Waals surface area contributed by atoms with Crippen molar-refractivity contribution in [3.05, 3.63) is 113 Å². The van der Waals surface area contributed by atoms with E-state index in [4.69, 9.17) is 23.9 Å². The fourth-order valence-corrected chi connectivity index (χ4v) is 6.63. The van der Waals surface area contributed by atoms with Gasteiger partial charge in [-0.2, -0.15) is 0 Å². The van der Waals surface area contributed by atoms with Gasteiger partial charge in [-0.05, 0) is 90.3 Å². The number of carbonyl (C=O) groups is 2. The van der Waals surface area contributed by atoms with Crippen molar-refractivity contribution in [1.29, 1.82) is 0 Å². The highest BCUT2D eigenvalue weighted by atomic mass is 79.9. The summed E-state index contributed by atoms with van der Waals surface area (Å²) in [4.78, 5) is 44.9. The van der Waals surface area contributed by atoms with Crippen LogP contribution in [0.15, 0.2) is 92.3 Å². The number of anilines is 1. The Labute approximate surface area is 277 Å². The van der Waals surface area contributed by atoms with Crippen LogP contribution in [-0.4, -0.2) is 43.4 Å². The third-order valence-corrected chi connectivity index (χ3v) is 8.57. The predicted molar refractivity (Wildman–Crippen MR) is 179 cm³/mol. The topological polar surface area (TPSA) is 117 Å². The molecule has 46 heavy (non-hydrogen) atoms. The average molecular weight is 707 g/mol. The van der Waals surface area contributed by atoms with E-state index in [0.717, 1.165) is 5.56 Å². The summed E-state index contributed by atoms with van der Waals surface area (Å²) < 4.78 is 24.2. The molecule has 4 aromatic rings. The quantitative estimate of drug-likeness (QED) is 0.219. The van der Waals surface area contributed by atoms with Gasteiger partial charge in [0.05, 0.1) is 46.6 Å². The summed E-state index contributed by atoms with van der Waals surface area (Å²) in [5.74, 6) is 0.516. The summed E-state index contributed by atoms with van der Waals surface area (Å²) in [6.45, 7) is 5.87. The summed E-state index contributed by atoms with van der Waals surface area (Å²) in [6, 6.07) is 19.2. The third kappa shape index (κ3) is 7.08. The average Bonchev–Trinajstić information content (AvgIpc) is 3.34. The highest BCUT2D eigenvalue weighted by Crippen LogP contribution is 2.37. The van der Waals surface area contributed by atoms with Gasteiger partial charge in [0.25, 0.3) is 11.5 Å². The largest absolute Gasteiger partial charge is 0.494 e. The number of benzene rings is 3. The summed E-state index contributed by atoms with van der Waals surface area (Å²) in [6.07, 6.45) is 1.73. The molecule has 12 heteroatoms. The molecule has 1 amide bonds. The Morgan fingerprint density at radius 1 is 1.04 bits per heavy atom. The van der Waals surface area contributed by atoms with Crippen molar-refractivity contribution in [2.24, 2.45) is 4.99 Å². The van der Waals surface area contributed by atoms with Crippen molar-refractivity contribution in [3.8, 4) is 17.2 Å². The van der Waals surface area contributed by atoms with E-state index >= 15 is 0 Å². The number of methoxy groups -OCH3 is 1. The lowest BCUT2D eigenvalue weighted by Crippen LogP contribution is -2.40. The smallest absolute Gasteiger partial charge is 0.344 e. The summed E-state index contributed by atoms with van der Waals surface area (Å²) in [5, 5.41) is 2.96. The molecule has 3 aromatic carbocycles. The first kappa shape index (κ1) is 32.7. The Bertz CT molecular complexity index is 1970. The van der Waals surface area contributed by atoms with Gasteiger partial charge in [0, 0.05) is 5.69 Å². The molecule has 0 fully saturated rings. The van der Waals surface area contributed by atoms with Crippen LogP contribution in [-0.2, 0) is 14.3 Å². The molecule has 0 saturated heterocycles. The monoisotopic (exact) mass is 705 g/mol. The van der Waals surface area contributed by atoms with E-state index < -0.39 is 12.0 Å². The van der Waals surface area contributed by atoms with E-state index in [1.165, 1.54) is 18.4 Å². The number of rotatable bonds is 11. The van der Waals surface area contributed by atoms with Crippen molar-refractivity contribution in [1.82, 2.24) is 4.57 Å². The van der Waals surface area contributed by atoms with E-state index in [2.05, 4.69) is 21.2 Å². The number of nitrogens with zero attached hydrogens (tertiary/aromatic N) is 2. The first-order valence-corrected chi connectivity index (χ1v) is 16.1. The van der Waals surface area contributed by atoms with Crippen LogP contribution in [0.4, 0.5) is 5.69 Å². The van der Waals surface area contributed by atoms with Crippen molar-refractivity contribution in [3.63, 3.8) is 0 Å². The van der Waals surface area contributed by atoms with Crippen molar-refractivity contribution >= 4 is 50.9 Å². The zero-order valence-corrected chi connectivity index (χ0v) is 28.1. The number of nitrogens with one attached hydrogen (secondary N) is 1. The van der Waals surface area contributed by atoms with Crippen LogP contribution in [0, 0.1) is 0 Å². The number of amides is 1. The Morgan fingerprint density at radius 3 is 2.46 bits per heavy atom. The molecule has 238 valence electrons. The minimum Gasteiger partial charge on any atom is -0.494 e. The van der Waals surface area contributed by atoms with Gasteiger partial charge in [-0.25, -0.2) is 9.79 Å². The van der Waals surface area contributed by atoms with Gasteiger partial charge in [-0.3, -0.25) is 14.2 Å². The Balaban J connectivity index is 1.59. The molecule has 5 rings (SSSR count). The normalized spacial score (nSPS) is 14.3. The predicted octanol–water partition coefficient (Wildman–Crippen LogP) is 4.99. The Hall–Kier alpha value is -4.68. The molecule has 1 aliphatic rings. The van der Waals surface area contributed by atoms with Gasteiger partial charge in [0.15, 0.2) is 22.9 Å². The molecular formula is C34H32BrN3O7S. The second-order valence-corrected chi connectivity index (χ2v) is 11.9. The Kier molecular flexibility index (Phi) is 10.4. The lowest BCUT2D eigenvalue weighted by molar-refractivity contribution is -0.145. The number of aromatic nitrogens is 1. The van der Waals surface area contributed by atoms with Crippen LogP contribution >= 0.6 is 27.3 Å². The number of hydrogen-bond donors (Lipinski definition) is 1. The summed E-state index contributed by atoms with van der Waals surface area (Å²) in [7, 11) is 1.48. The van der Waals surface area contributed by atoms with Gasteiger partial charge in [0.2, 0.25) is 0 Å². The number of thiazole rings is 1. The van der Waals surface area contributed by atoms with Crippen LogP contribution in [0.2, 0.25) is 0 Å². The second-order valence-electron chi connectivity index (χ2n) is 10.0. The molecule has 0 saturated carbocycles. The first-order valence-electron chi connectivity index (χ1n) is 14.5. The lowest BCUT2D eigenvalue weighted by atomic mass is 9.95. The minimum absolute atomic E-state index is 0.245. The molecule has 0 spiro atoms. The zero-order chi connectivity index (χ0) is 32.8. The fourth-order valence-electron chi connectivity index (χ4n) is 5.01. The van der Waals surface area contributed by atoms with Crippen LogP contribution in [0.3, 0.4) is 0 Å². The molecule has 0 radical (unpaired) electrons. The number of esters is 1. The molecular weight excluding hydrogens is 674 g/mol. The van der Waals surface area contributed by atoms with Crippen molar-refractivity contribution < 1.29 is 28.5 Å². The van der Waals surface area contributed by atoms with Crippen LogP contribution in [0.5, 0.6) is 17.2 Å². The maximum absolute atomic E-state index is 14.1. The highest BCUT2D eigenvalue weighted by Gasteiger charge is 2.32. The maximum Gasteiger partial charge on any atom is 0.344 e. The molecule has 0 bridgehead atoms. The molecule has 10 nitrogen and oxygen atoms in total. The zero-order valence-electron chi connectivity index (χ0n) is 25.7. The molecule has 1 aliphatic heterocycles. The second kappa shape index (κ2) is 14.6. The number of hydrogen-bond acceptors (Lipinski definition) is 9. The van der Waals surface area contributed by atoms with Crippen LogP contribution < -0.4 is 34.4 Å². The summed E-state index contributed by atoms with van der Waals surface area (Å²) >= 11 is 4.72. The molecule has 0 unspecified atom stereocenters. The van der Waals surface area contributed by atoms with Crippen LogP contribution in [0.25, 0.3) is 6.08 Å². The molecule has 2 heterocycles. The van der Waals surface area contributed by atoms with Gasteiger partial charge >= 0.3 is 5.97 Å². The highest BCUT2D eigenvalue weighted by molar-refractivity contribution is 9.10. The molecule has 1 N–H and O–H groups in total. The molecule has 1 atom stereocenters. The number of para-hydroxylation sites is 1. The van der Waals surface area contributed by atoms with E-state index in [1.807, 2.05) is 49.4 Å². The van der Waals surface area contributed by atoms with E-state index in [-0.39, 0.29) is 24.7 Å². The standard InChI is InChI=1S/C34H32BrN3O7S/c1-5-43-24-14-12-22(13-15-24)30-29(32(40)37-23-10-8-7-9-11-23)20(3)36-34-38(30)33(41)27(46-34)18-21-16-25(35)31(26(17-21)42-4)45-19-28(39)44-6-2/h7-18,30H,5-6,19H2,1-4H3,(H,37,40)/b27-18-/t30-/m1/s1. The number of fused-ring (bicyclic) bond motifs is 1. The Morgan fingerprint density at radius 2 is 1.78 bits per heavy atom. The van der Waals surface area contributed by atoms with E-state index in [0.29, 0.717) is 60.2 Å². The van der Waals surface area contributed by atoms with Gasteiger partial charge in [-0.1, -0.05) is 41.7 Å². The van der Waals surface area contributed by atoms with Gasteiger partial charge < -0.3 is 24.3 Å². The van der Waals surface area contributed by atoms with Crippen molar-refractivity contribution in [2.45, 2.75) is 26.8 Å². The number of allylic oxidation sites excluding steroid dienone is 1. The number of ether oxygens (including phenoxy) is 4. The lowest BCUT2D eigenvalue weighted by Gasteiger charge is -2.25. The minimum atomic E-state index is -0.738.